The first-order valence-corrected chi connectivity index (χ1v) is 45.2. The smallest absolute Gasteiger partial charge is 0.309 e. The van der Waals surface area contributed by atoms with Crippen molar-refractivity contribution >= 4 is 89.8 Å². The Morgan fingerprint density at radius 1 is 0.544 bits per heavy atom. The van der Waals surface area contributed by atoms with Crippen LogP contribution in [0.2, 0.25) is 103 Å². The van der Waals surface area contributed by atoms with Crippen LogP contribution >= 0.6 is 22.6 Å². The Kier molecular flexibility index (Phi) is 24.7. The minimum absolute atomic E-state index is 0.0327. The summed E-state index contributed by atoms with van der Waals surface area (Å²) in [7, 11) is -4.75. The highest BCUT2D eigenvalue weighted by Crippen LogP contribution is 2.39. The Labute approximate surface area is 493 Å². The van der Waals surface area contributed by atoms with Crippen molar-refractivity contribution in [2.45, 2.75) is 219 Å². The van der Waals surface area contributed by atoms with E-state index < -0.39 is 43.5 Å². The van der Waals surface area contributed by atoms with E-state index in [1.54, 1.807) is 6.20 Å². The summed E-state index contributed by atoms with van der Waals surface area (Å²) in [5.41, 5.74) is 2.89. The van der Waals surface area contributed by atoms with E-state index in [2.05, 4.69) is 133 Å². The van der Waals surface area contributed by atoms with Crippen molar-refractivity contribution < 1.29 is 38.0 Å². The maximum Gasteiger partial charge on any atom is 0.309 e. The monoisotopic (exact) mass is 1280 g/mol. The minimum Gasteiger partial charge on any atom is -0.460 e. The summed E-state index contributed by atoms with van der Waals surface area (Å²) < 4.78 is 41.0. The molecular weight excluding hydrogens is 1180 g/mol. The zero-order valence-corrected chi connectivity index (χ0v) is 58.2. The van der Waals surface area contributed by atoms with Gasteiger partial charge in [-0.25, -0.2) is 9.97 Å². The van der Waals surface area contributed by atoms with Gasteiger partial charge in [-0.3, -0.25) is 9.59 Å². The number of hydrogen-bond acceptors (Lipinski definition) is 14. The standard InChI is InChI=1S/C29H51IN4O4Si2.C29H52N4O4Si2/c1-29(2,3)38-28(35)23-12-10-22(11-13-23)25-18-26(34-27(32-25)24(30)19-31-34)33(20-36-14-16-39(4,5)6)21-37-15-17-40(7,8)9;1-29(2,3)37-28(34)24-12-10-23(11-13-24)25-20-27(33-26(31-25)14-15-30-33)32(21-35-16-18-38(4,5)6)22-36-17-19-39(7,8)9/h18-19,22-23H,10-17,20-21H2,1-9H3;14-15,20,23-24H,10-13,16-19,21-22H2,1-9H3. The number of hydrogen-bond donors (Lipinski definition) is 0. The van der Waals surface area contributed by atoms with Crippen LogP contribution < -0.4 is 9.80 Å². The second-order valence-electron chi connectivity index (χ2n) is 29.0. The Morgan fingerprint density at radius 2 is 0.899 bits per heavy atom. The summed E-state index contributed by atoms with van der Waals surface area (Å²) >= 11 is 2.31. The average molecular weight is 1280 g/mol. The van der Waals surface area contributed by atoms with E-state index in [4.69, 9.17) is 38.4 Å². The molecule has 0 N–H and O–H groups in total. The molecule has 4 aromatic heterocycles. The van der Waals surface area contributed by atoms with Gasteiger partial charge in [-0.15, -0.1) is 0 Å². The van der Waals surface area contributed by atoms with Crippen LogP contribution in [0.1, 0.15) is 116 Å². The quantitative estimate of drug-likeness (QED) is 0.0192. The summed E-state index contributed by atoms with van der Waals surface area (Å²) in [6, 6.07) is 10.8. The molecule has 16 nitrogen and oxygen atoms in total. The molecular formula is C58H103IN8O8Si4. The number of aromatic nitrogens is 6. The first kappa shape index (κ1) is 67.0. The summed E-state index contributed by atoms with van der Waals surface area (Å²) in [6.07, 6.45) is 10.6. The van der Waals surface area contributed by atoms with Crippen LogP contribution in [-0.2, 0) is 38.0 Å². The van der Waals surface area contributed by atoms with Gasteiger partial charge in [-0.2, -0.15) is 19.2 Å². The number of carbonyl (C=O) groups is 2. The van der Waals surface area contributed by atoms with E-state index in [0.717, 1.165) is 140 Å². The molecule has 0 amide bonds. The van der Waals surface area contributed by atoms with Gasteiger partial charge in [-0.05, 0) is 140 Å². The third-order valence-corrected chi connectivity index (χ3v) is 21.8. The van der Waals surface area contributed by atoms with E-state index in [9.17, 15) is 9.59 Å². The molecule has 0 aromatic carbocycles. The van der Waals surface area contributed by atoms with E-state index in [0.29, 0.717) is 32.8 Å². The van der Waals surface area contributed by atoms with Crippen molar-refractivity contribution in [1.29, 1.82) is 0 Å². The third-order valence-electron chi connectivity index (χ3n) is 14.2. The highest BCUT2D eigenvalue weighted by atomic mass is 127. The molecule has 2 saturated carbocycles. The van der Waals surface area contributed by atoms with Crippen LogP contribution in [0.25, 0.3) is 11.3 Å². The van der Waals surface area contributed by atoms with Gasteiger partial charge < -0.3 is 38.2 Å². The molecule has 2 aliphatic carbocycles. The molecule has 0 unspecified atom stereocenters. The van der Waals surface area contributed by atoms with E-state index in [1.807, 2.05) is 62.8 Å². The second-order valence-corrected chi connectivity index (χ2v) is 52.7. The zero-order valence-electron chi connectivity index (χ0n) is 52.1. The molecule has 21 heteroatoms. The zero-order chi connectivity index (χ0) is 58.6. The molecule has 0 aliphatic heterocycles. The first-order chi connectivity index (χ1) is 36.6. The average Bonchev–Trinajstić information content (AvgIpc) is 3.99. The Balaban J connectivity index is 0.000000291. The largest absolute Gasteiger partial charge is 0.460 e. The Hall–Kier alpha value is -2.78. The highest BCUT2D eigenvalue weighted by molar-refractivity contribution is 14.1. The van der Waals surface area contributed by atoms with Gasteiger partial charge >= 0.3 is 11.9 Å². The molecule has 2 fully saturated rings. The van der Waals surface area contributed by atoms with E-state index in [-0.39, 0.29) is 29.7 Å². The number of halogens is 1. The lowest BCUT2D eigenvalue weighted by atomic mass is 9.80. The molecule has 0 radical (unpaired) electrons. The van der Waals surface area contributed by atoms with E-state index in [1.165, 1.54) is 0 Å². The Morgan fingerprint density at radius 3 is 1.25 bits per heavy atom. The van der Waals surface area contributed by atoms with Crippen molar-refractivity contribution in [2.75, 3.05) is 63.2 Å². The second kappa shape index (κ2) is 29.2. The number of anilines is 2. The molecule has 4 heterocycles. The van der Waals surface area contributed by atoms with Gasteiger partial charge in [0.15, 0.2) is 11.3 Å². The highest BCUT2D eigenvalue weighted by Gasteiger charge is 2.34. The molecule has 0 bridgehead atoms. The van der Waals surface area contributed by atoms with Crippen LogP contribution in [0.5, 0.6) is 0 Å². The number of fused-ring (bicyclic) bond motifs is 2. The summed E-state index contributed by atoms with van der Waals surface area (Å²) in [5.74, 6) is 2.25. The van der Waals surface area contributed by atoms with Crippen molar-refractivity contribution in [3.05, 3.63) is 45.6 Å². The molecule has 79 heavy (non-hydrogen) atoms. The van der Waals surface area contributed by atoms with Gasteiger partial charge in [0.1, 0.15) is 49.8 Å². The number of carbonyl (C=O) groups excluding carboxylic acids is 2. The predicted octanol–water partition coefficient (Wildman–Crippen LogP) is 14.2. The fourth-order valence-electron chi connectivity index (χ4n) is 9.29. The topological polar surface area (TPSA) is 156 Å². The normalized spacial score (nSPS) is 18.8. The summed E-state index contributed by atoms with van der Waals surface area (Å²) in [5, 5.41) is 9.26. The van der Waals surface area contributed by atoms with Crippen LogP contribution in [0.4, 0.5) is 11.6 Å². The van der Waals surface area contributed by atoms with Crippen LogP contribution in [0.3, 0.4) is 0 Å². The first-order valence-electron chi connectivity index (χ1n) is 29.3. The van der Waals surface area contributed by atoms with Crippen LogP contribution in [0, 0.1) is 15.4 Å². The molecule has 446 valence electrons. The minimum atomic E-state index is -1.19. The van der Waals surface area contributed by atoms with Gasteiger partial charge in [0, 0.05) is 100 Å². The summed E-state index contributed by atoms with van der Waals surface area (Å²) in [6.45, 7) is 44.8. The fourth-order valence-corrected chi connectivity index (χ4v) is 12.8. The summed E-state index contributed by atoms with van der Waals surface area (Å²) in [4.78, 5) is 39.7. The lowest BCUT2D eigenvalue weighted by molar-refractivity contribution is -0.162. The molecule has 2 aliphatic rings. The number of nitrogens with zero attached hydrogens (tertiary/aromatic N) is 8. The van der Waals surface area contributed by atoms with Gasteiger partial charge in [-0.1, -0.05) is 78.6 Å². The van der Waals surface area contributed by atoms with Crippen molar-refractivity contribution in [2.24, 2.45) is 11.8 Å². The molecule has 4 aromatic rings. The third kappa shape index (κ3) is 23.8. The van der Waals surface area contributed by atoms with Gasteiger partial charge in [0.2, 0.25) is 0 Å². The van der Waals surface area contributed by atoms with Crippen molar-refractivity contribution in [1.82, 2.24) is 29.2 Å². The molecule has 0 spiro atoms. The SMILES string of the molecule is CC(C)(C)OC(=O)C1CCC(c2cc(N(COCC[Si](C)(C)C)COCC[Si](C)(C)C)n3ncc(I)c3n2)CC1.CC(C)(C)OC(=O)C1CCC(c2cc(N(COCC[Si](C)(C)C)COCC[Si](C)(C)C)n3nccc3n2)CC1. The lowest BCUT2D eigenvalue weighted by Gasteiger charge is -2.30. The fraction of sp³-hybridized carbons (Fsp3) is 0.759. The number of rotatable bonds is 26. The van der Waals surface area contributed by atoms with E-state index >= 15 is 0 Å². The molecule has 6 rings (SSSR count). The van der Waals surface area contributed by atoms with Crippen LogP contribution in [-0.4, -0.2) is 138 Å². The molecule has 0 atom stereocenters. The van der Waals surface area contributed by atoms with Crippen LogP contribution in [0.15, 0.2) is 30.6 Å². The Bertz CT molecular complexity index is 2480. The molecule has 0 saturated heterocycles. The lowest BCUT2D eigenvalue weighted by Crippen LogP contribution is -2.33. The van der Waals surface area contributed by atoms with Gasteiger partial charge in [0.25, 0.3) is 0 Å². The van der Waals surface area contributed by atoms with Crippen molar-refractivity contribution in [3.63, 3.8) is 0 Å². The number of esters is 2. The predicted molar refractivity (Wildman–Crippen MR) is 341 cm³/mol. The van der Waals surface area contributed by atoms with Crippen molar-refractivity contribution in [3.8, 4) is 0 Å². The maximum atomic E-state index is 12.7. The number of ether oxygens (including phenoxy) is 6. The maximum absolute atomic E-state index is 12.7. The van der Waals surface area contributed by atoms with Gasteiger partial charge in [0.05, 0.1) is 27.8 Å².